The molecule has 0 fully saturated rings. The van der Waals surface area contributed by atoms with Crippen LogP contribution in [0, 0.1) is 6.92 Å². The average Bonchev–Trinajstić information content (AvgIpc) is 2.20. The van der Waals surface area contributed by atoms with Gasteiger partial charge in [0.05, 0.1) is 20.1 Å². The first kappa shape index (κ1) is 10.6. The number of hydrogen-bond acceptors (Lipinski definition) is 3. The van der Waals surface area contributed by atoms with E-state index in [0.29, 0.717) is 6.61 Å². The summed E-state index contributed by atoms with van der Waals surface area (Å²) in [5.41, 5.74) is 1.07. The van der Waals surface area contributed by atoms with Gasteiger partial charge in [0.25, 0.3) is 0 Å². The molecule has 0 aliphatic carbocycles. The second-order valence-corrected chi connectivity index (χ2v) is 2.94. The Labute approximate surface area is 83.6 Å². The van der Waals surface area contributed by atoms with Crippen LogP contribution in [0.15, 0.2) is 24.3 Å². The molecule has 0 amide bonds. The summed E-state index contributed by atoms with van der Waals surface area (Å²) in [7, 11) is 1.37. The van der Waals surface area contributed by atoms with Crippen molar-refractivity contribution in [3.63, 3.8) is 0 Å². The predicted molar refractivity (Wildman–Crippen MR) is 53.3 cm³/mol. The molecule has 0 spiro atoms. The Morgan fingerprint density at radius 1 is 1.36 bits per heavy atom. The molecular formula is C11H14O3. The molecule has 1 aromatic carbocycles. The number of carbonyl (C=O) groups excluding carboxylic acids is 1. The molecule has 0 saturated heterocycles. The van der Waals surface area contributed by atoms with Gasteiger partial charge < -0.3 is 9.47 Å². The fourth-order valence-corrected chi connectivity index (χ4v) is 1.06. The van der Waals surface area contributed by atoms with Gasteiger partial charge in [0.2, 0.25) is 0 Å². The third-order valence-corrected chi connectivity index (χ3v) is 1.89. The van der Waals surface area contributed by atoms with Gasteiger partial charge in [-0.1, -0.05) is 18.2 Å². The summed E-state index contributed by atoms with van der Waals surface area (Å²) in [6, 6.07) is 7.70. The van der Waals surface area contributed by atoms with Crippen LogP contribution in [0.3, 0.4) is 0 Å². The lowest BCUT2D eigenvalue weighted by Gasteiger charge is -2.07. The highest BCUT2D eigenvalue weighted by Crippen LogP contribution is 2.16. The molecular weight excluding hydrogens is 180 g/mol. The van der Waals surface area contributed by atoms with Crippen LogP contribution in [0.2, 0.25) is 0 Å². The molecule has 0 aliphatic rings. The van der Waals surface area contributed by atoms with Crippen LogP contribution in [-0.2, 0) is 9.53 Å². The molecule has 3 nitrogen and oxygen atoms in total. The zero-order valence-corrected chi connectivity index (χ0v) is 8.45. The maximum Gasteiger partial charge on any atom is 0.308 e. The van der Waals surface area contributed by atoms with Crippen LogP contribution >= 0.6 is 0 Å². The third-order valence-electron chi connectivity index (χ3n) is 1.89. The topological polar surface area (TPSA) is 35.5 Å². The molecule has 76 valence electrons. The van der Waals surface area contributed by atoms with Gasteiger partial charge in [-0.2, -0.15) is 0 Å². The van der Waals surface area contributed by atoms with Crippen molar-refractivity contribution < 1.29 is 14.3 Å². The van der Waals surface area contributed by atoms with Crippen molar-refractivity contribution in [3.8, 4) is 5.75 Å². The molecule has 14 heavy (non-hydrogen) atoms. The van der Waals surface area contributed by atoms with E-state index in [1.54, 1.807) is 0 Å². The summed E-state index contributed by atoms with van der Waals surface area (Å²) in [6.07, 6.45) is 0.283. The van der Waals surface area contributed by atoms with Crippen LogP contribution in [0.5, 0.6) is 5.75 Å². The van der Waals surface area contributed by atoms with Gasteiger partial charge in [-0.3, -0.25) is 4.79 Å². The van der Waals surface area contributed by atoms with Gasteiger partial charge in [0, 0.05) is 0 Å². The fraction of sp³-hybridized carbons (Fsp3) is 0.364. The molecule has 0 radical (unpaired) electrons. The number of esters is 1. The Hall–Kier alpha value is -1.51. The number of hydrogen-bond donors (Lipinski definition) is 0. The fourth-order valence-electron chi connectivity index (χ4n) is 1.06. The standard InChI is InChI=1S/C11H14O3/c1-9-5-3-4-6-10(9)14-8-7-11(12)13-2/h3-6H,7-8H2,1-2H3. The minimum atomic E-state index is -0.251. The largest absolute Gasteiger partial charge is 0.493 e. The third kappa shape index (κ3) is 3.09. The molecule has 3 heteroatoms. The van der Waals surface area contributed by atoms with Crippen LogP contribution < -0.4 is 4.74 Å². The van der Waals surface area contributed by atoms with E-state index < -0.39 is 0 Å². The van der Waals surface area contributed by atoms with Gasteiger partial charge in [-0.25, -0.2) is 0 Å². The van der Waals surface area contributed by atoms with Crippen molar-refractivity contribution in [2.24, 2.45) is 0 Å². The zero-order chi connectivity index (χ0) is 10.4. The highest BCUT2D eigenvalue weighted by Gasteiger charge is 2.01. The van der Waals surface area contributed by atoms with E-state index in [-0.39, 0.29) is 12.4 Å². The van der Waals surface area contributed by atoms with Crippen molar-refractivity contribution in [1.82, 2.24) is 0 Å². The average molecular weight is 194 g/mol. The van der Waals surface area contributed by atoms with Crippen molar-refractivity contribution in [2.45, 2.75) is 13.3 Å². The quantitative estimate of drug-likeness (QED) is 0.687. The highest BCUT2D eigenvalue weighted by atomic mass is 16.5. The molecule has 0 heterocycles. The number of benzene rings is 1. The van der Waals surface area contributed by atoms with E-state index >= 15 is 0 Å². The van der Waals surface area contributed by atoms with Crippen LogP contribution in [-0.4, -0.2) is 19.7 Å². The first-order chi connectivity index (χ1) is 6.74. The Balaban J connectivity index is 2.39. The number of para-hydroxylation sites is 1. The lowest BCUT2D eigenvalue weighted by atomic mass is 10.2. The SMILES string of the molecule is COC(=O)CCOc1ccccc1C. The lowest BCUT2D eigenvalue weighted by Crippen LogP contribution is -2.07. The molecule has 0 bridgehead atoms. The summed E-state index contributed by atoms with van der Waals surface area (Å²) in [5, 5.41) is 0. The molecule has 1 rings (SSSR count). The van der Waals surface area contributed by atoms with Crippen LogP contribution in [0.25, 0.3) is 0 Å². The Kier molecular flexibility index (Phi) is 3.98. The Bertz CT molecular complexity index is 307. The maximum absolute atomic E-state index is 10.8. The molecule has 0 aliphatic heterocycles. The first-order valence-electron chi connectivity index (χ1n) is 4.49. The smallest absolute Gasteiger partial charge is 0.308 e. The Morgan fingerprint density at radius 2 is 2.07 bits per heavy atom. The summed E-state index contributed by atoms with van der Waals surface area (Å²) in [4.78, 5) is 10.8. The predicted octanol–water partition coefficient (Wildman–Crippen LogP) is 1.94. The molecule has 0 N–H and O–H groups in total. The van der Waals surface area contributed by atoms with Gasteiger partial charge in [0.1, 0.15) is 5.75 Å². The van der Waals surface area contributed by atoms with Crippen molar-refractivity contribution >= 4 is 5.97 Å². The number of rotatable bonds is 4. The molecule has 0 saturated carbocycles. The number of ether oxygens (including phenoxy) is 2. The van der Waals surface area contributed by atoms with E-state index in [1.807, 2.05) is 31.2 Å². The summed E-state index contributed by atoms with van der Waals surface area (Å²) >= 11 is 0. The van der Waals surface area contributed by atoms with Gasteiger partial charge in [-0.15, -0.1) is 0 Å². The molecule has 0 unspecified atom stereocenters. The van der Waals surface area contributed by atoms with E-state index in [0.717, 1.165) is 11.3 Å². The van der Waals surface area contributed by atoms with E-state index in [9.17, 15) is 4.79 Å². The summed E-state index contributed by atoms with van der Waals surface area (Å²) in [5.74, 6) is 0.565. The van der Waals surface area contributed by atoms with Gasteiger partial charge >= 0.3 is 5.97 Å². The second kappa shape index (κ2) is 5.27. The first-order valence-corrected chi connectivity index (χ1v) is 4.49. The van der Waals surface area contributed by atoms with Crippen LogP contribution in [0.4, 0.5) is 0 Å². The molecule has 1 aromatic rings. The van der Waals surface area contributed by atoms with Gasteiger partial charge in [0.15, 0.2) is 0 Å². The minimum absolute atomic E-state index is 0.251. The van der Waals surface area contributed by atoms with E-state index in [2.05, 4.69) is 4.74 Å². The highest BCUT2D eigenvalue weighted by molar-refractivity contribution is 5.69. The second-order valence-electron chi connectivity index (χ2n) is 2.94. The van der Waals surface area contributed by atoms with E-state index in [4.69, 9.17) is 4.74 Å². The van der Waals surface area contributed by atoms with Crippen molar-refractivity contribution in [1.29, 1.82) is 0 Å². The lowest BCUT2D eigenvalue weighted by molar-refractivity contribution is -0.141. The van der Waals surface area contributed by atoms with Crippen LogP contribution in [0.1, 0.15) is 12.0 Å². The molecule has 0 aromatic heterocycles. The zero-order valence-electron chi connectivity index (χ0n) is 8.45. The Morgan fingerprint density at radius 3 is 2.71 bits per heavy atom. The van der Waals surface area contributed by atoms with Crippen molar-refractivity contribution in [2.75, 3.05) is 13.7 Å². The monoisotopic (exact) mass is 194 g/mol. The summed E-state index contributed by atoms with van der Waals surface area (Å²) in [6.45, 7) is 2.32. The number of methoxy groups -OCH3 is 1. The number of aryl methyl sites for hydroxylation is 1. The van der Waals surface area contributed by atoms with E-state index in [1.165, 1.54) is 7.11 Å². The maximum atomic E-state index is 10.8. The van der Waals surface area contributed by atoms with Gasteiger partial charge in [-0.05, 0) is 18.6 Å². The minimum Gasteiger partial charge on any atom is -0.493 e. The van der Waals surface area contributed by atoms with Crippen molar-refractivity contribution in [3.05, 3.63) is 29.8 Å². The molecule has 0 atom stereocenters. The number of carbonyl (C=O) groups is 1. The normalized spacial score (nSPS) is 9.57. The summed E-state index contributed by atoms with van der Waals surface area (Å²) < 4.78 is 9.91.